The zero-order chi connectivity index (χ0) is 27.9. The van der Waals surface area contributed by atoms with Crippen LogP contribution >= 0.6 is 0 Å². The van der Waals surface area contributed by atoms with Crippen molar-refractivity contribution in [2.45, 2.75) is 38.1 Å². The van der Waals surface area contributed by atoms with E-state index >= 15 is 0 Å². The van der Waals surface area contributed by atoms with Crippen LogP contribution in [0.15, 0.2) is 65.7 Å². The number of hydrogen-bond donors (Lipinski definition) is 5. The third-order valence-corrected chi connectivity index (χ3v) is 7.31. The molecule has 1 saturated carbocycles. The maximum Gasteiger partial charge on any atom is 0.344 e. The van der Waals surface area contributed by atoms with E-state index in [-0.39, 0.29) is 24.2 Å². The number of amides is 2. The highest BCUT2D eigenvalue weighted by molar-refractivity contribution is 5.97. The second-order valence-corrected chi connectivity index (χ2v) is 10.0. The lowest BCUT2D eigenvalue weighted by atomic mass is 9.81. The summed E-state index contributed by atoms with van der Waals surface area (Å²) in [5.74, 6) is 0.302. The molecule has 1 aliphatic rings. The summed E-state index contributed by atoms with van der Waals surface area (Å²) in [6.07, 6.45) is 6.71. The molecular formula is C28H31N9O3. The molecule has 2 aromatic carbocycles. The molecule has 0 saturated heterocycles. The monoisotopic (exact) mass is 541 g/mol. The van der Waals surface area contributed by atoms with Crippen LogP contribution in [0.3, 0.4) is 0 Å². The van der Waals surface area contributed by atoms with E-state index < -0.39 is 11.7 Å². The first-order valence-electron chi connectivity index (χ1n) is 13.3. The molecule has 1 atom stereocenters. The predicted octanol–water partition coefficient (Wildman–Crippen LogP) is 2.05. The molecule has 0 unspecified atom stereocenters. The van der Waals surface area contributed by atoms with Gasteiger partial charge in [0.2, 0.25) is 17.6 Å². The molecule has 1 fully saturated rings. The van der Waals surface area contributed by atoms with Crippen LogP contribution in [0.1, 0.15) is 31.2 Å². The molecule has 12 nitrogen and oxygen atoms in total. The first-order valence-corrected chi connectivity index (χ1v) is 13.3. The van der Waals surface area contributed by atoms with Crippen LogP contribution < -0.4 is 22.1 Å². The van der Waals surface area contributed by atoms with Gasteiger partial charge in [-0.2, -0.15) is 5.21 Å². The maximum atomic E-state index is 13.5. The molecule has 6 N–H and O–H groups in total. The van der Waals surface area contributed by atoms with E-state index in [0.717, 1.165) is 47.9 Å². The maximum absolute atomic E-state index is 13.5. The summed E-state index contributed by atoms with van der Waals surface area (Å²) in [6.45, 7) is 0.631. The van der Waals surface area contributed by atoms with Crippen molar-refractivity contribution >= 4 is 17.5 Å². The Kier molecular flexibility index (Phi) is 8.35. The fourth-order valence-electron chi connectivity index (χ4n) is 4.99. The Morgan fingerprint density at radius 2 is 1.82 bits per heavy atom. The minimum Gasteiger partial charge on any atom is -0.344 e. The standard InChI is InChI=1S/C28H31N9O3/c29-14-17-4-6-20(7-5-17)26(38)33-24(13-18-2-1-3-21(12-18)22-15-30-28(40)31-16-22)27(39)32-23-10-8-19(9-11-23)25-34-36-37-35-25/h1-3,8-12,15-17,20,24H,4-7,13-14,29H2,(H,32,39)(H,33,38)(H,30,31,40)(H,34,35,36,37)/t17?,20?,24-/m0/s1. The van der Waals surface area contributed by atoms with Gasteiger partial charge in [0, 0.05) is 41.5 Å². The number of aromatic amines is 2. The Balaban J connectivity index is 1.33. The van der Waals surface area contributed by atoms with Gasteiger partial charge < -0.3 is 21.4 Å². The van der Waals surface area contributed by atoms with Crippen LogP contribution in [0.2, 0.25) is 0 Å². The van der Waals surface area contributed by atoms with Crippen molar-refractivity contribution in [3.05, 3.63) is 77.0 Å². The van der Waals surface area contributed by atoms with Crippen molar-refractivity contribution in [1.29, 1.82) is 0 Å². The molecule has 0 spiro atoms. The van der Waals surface area contributed by atoms with E-state index in [0.29, 0.717) is 24.0 Å². The van der Waals surface area contributed by atoms with Gasteiger partial charge in [-0.05, 0) is 78.8 Å². The number of carbonyl (C=O) groups excluding carboxylic acids is 2. The number of nitrogens with zero attached hydrogens (tertiary/aromatic N) is 4. The van der Waals surface area contributed by atoms with Gasteiger partial charge in [0.25, 0.3) is 0 Å². The van der Waals surface area contributed by atoms with Crippen molar-refractivity contribution in [2.24, 2.45) is 17.6 Å². The van der Waals surface area contributed by atoms with E-state index in [1.807, 2.05) is 24.3 Å². The summed E-state index contributed by atoms with van der Waals surface area (Å²) in [5.41, 5.74) is 9.14. The summed E-state index contributed by atoms with van der Waals surface area (Å²) in [5, 5.41) is 19.8. The van der Waals surface area contributed by atoms with E-state index in [2.05, 4.69) is 41.2 Å². The van der Waals surface area contributed by atoms with Gasteiger partial charge in [-0.3, -0.25) is 9.59 Å². The van der Waals surface area contributed by atoms with Crippen molar-refractivity contribution in [3.63, 3.8) is 0 Å². The largest absolute Gasteiger partial charge is 0.344 e. The fraction of sp³-hybridized carbons (Fsp3) is 0.321. The summed E-state index contributed by atoms with van der Waals surface area (Å²) >= 11 is 0. The van der Waals surface area contributed by atoms with E-state index in [1.165, 1.54) is 6.20 Å². The van der Waals surface area contributed by atoms with Crippen LogP contribution in [0.4, 0.5) is 5.69 Å². The van der Waals surface area contributed by atoms with Crippen LogP contribution in [0.25, 0.3) is 22.5 Å². The van der Waals surface area contributed by atoms with Crippen LogP contribution in [-0.4, -0.2) is 55.0 Å². The van der Waals surface area contributed by atoms with Crippen molar-refractivity contribution in [1.82, 2.24) is 35.9 Å². The predicted molar refractivity (Wildman–Crippen MR) is 149 cm³/mol. The van der Waals surface area contributed by atoms with E-state index in [4.69, 9.17) is 5.73 Å². The number of nitrogens with two attached hydrogens (primary N) is 1. The quantitative estimate of drug-likeness (QED) is 0.213. The number of nitrogens with one attached hydrogen (secondary N) is 4. The van der Waals surface area contributed by atoms with E-state index in [9.17, 15) is 14.4 Å². The number of anilines is 1. The summed E-state index contributed by atoms with van der Waals surface area (Å²) in [6, 6.07) is 13.9. The zero-order valence-corrected chi connectivity index (χ0v) is 21.8. The van der Waals surface area contributed by atoms with Gasteiger partial charge in [0.1, 0.15) is 6.04 Å². The minimum absolute atomic E-state index is 0.121. The number of benzene rings is 2. The lowest BCUT2D eigenvalue weighted by Gasteiger charge is -2.28. The first kappa shape index (κ1) is 26.9. The molecule has 2 amide bonds. The van der Waals surface area contributed by atoms with Gasteiger partial charge in [-0.25, -0.2) is 9.78 Å². The van der Waals surface area contributed by atoms with Gasteiger partial charge in [0.15, 0.2) is 0 Å². The Morgan fingerprint density at radius 3 is 2.50 bits per heavy atom. The molecule has 0 bridgehead atoms. The molecule has 206 valence electrons. The molecule has 2 heterocycles. The molecule has 0 radical (unpaired) electrons. The van der Waals surface area contributed by atoms with Crippen molar-refractivity contribution in [3.8, 4) is 22.5 Å². The highest BCUT2D eigenvalue weighted by Crippen LogP contribution is 2.28. The Labute approximate surface area is 230 Å². The second kappa shape index (κ2) is 12.4. The van der Waals surface area contributed by atoms with Gasteiger partial charge in [-0.15, -0.1) is 10.2 Å². The number of hydrogen-bond acceptors (Lipinski definition) is 8. The third-order valence-electron chi connectivity index (χ3n) is 7.31. The second-order valence-electron chi connectivity index (χ2n) is 10.0. The van der Waals surface area contributed by atoms with Gasteiger partial charge in [-0.1, -0.05) is 24.3 Å². The number of rotatable bonds is 9. The SMILES string of the molecule is NCC1CCC(C(=O)N[C@@H](Cc2cccc(-c3cnc(=O)[nH]c3)c2)C(=O)Nc2ccc(-c3nn[nH]n3)cc2)CC1. The molecule has 12 heteroatoms. The lowest BCUT2D eigenvalue weighted by Crippen LogP contribution is -2.48. The topological polar surface area (TPSA) is 184 Å². The Bertz CT molecular complexity index is 1470. The summed E-state index contributed by atoms with van der Waals surface area (Å²) in [4.78, 5) is 44.5. The molecule has 5 rings (SSSR count). The van der Waals surface area contributed by atoms with Crippen molar-refractivity contribution < 1.29 is 9.59 Å². The fourth-order valence-corrected chi connectivity index (χ4v) is 4.99. The molecule has 40 heavy (non-hydrogen) atoms. The summed E-state index contributed by atoms with van der Waals surface area (Å²) < 4.78 is 0. The number of tetrazole rings is 1. The average molecular weight is 542 g/mol. The van der Waals surface area contributed by atoms with Crippen LogP contribution in [-0.2, 0) is 16.0 Å². The van der Waals surface area contributed by atoms with Gasteiger partial charge >= 0.3 is 5.69 Å². The average Bonchev–Trinajstić information content (AvgIpc) is 3.53. The highest BCUT2D eigenvalue weighted by atomic mass is 16.2. The van der Waals surface area contributed by atoms with Crippen molar-refractivity contribution in [2.75, 3.05) is 11.9 Å². The lowest BCUT2D eigenvalue weighted by molar-refractivity contribution is -0.130. The highest BCUT2D eigenvalue weighted by Gasteiger charge is 2.29. The Morgan fingerprint density at radius 1 is 1.02 bits per heavy atom. The normalized spacial score (nSPS) is 17.6. The number of carbonyl (C=O) groups is 2. The number of H-pyrrole nitrogens is 2. The zero-order valence-electron chi connectivity index (χ0n) is 21.8. The van der Waals surface area contributed by atoms with Gasteiger partial charge in [0.05, 0.1) is 0 Å². The molecular weight excluding hydrogens is 510 g/mol. The third kappa shape index (κ3) is 6.64. The minimum atomic E-state index is -0.805. The molecule has 2 aromatic heterocycles. The van der Waals surface area contributed by atoms with E-state index in [1.54, 1.807) is 30.5 Å². The number of aromatic nitrogens is 6. The smallest absolute Gasteiger partial charge is 0.344 e. The first-order chi connectivity index (χ1) is 19.5. The molecule has 1 aliphatic carbocycles. The summed E-state index contributed by atoms with van der Waals surface area (Å²) in [7, 11) is 0. The molecule has 4 aromatic rings. The molecule has 0 aliphatic heterocycles. The van der Waals surface area contributed by atoms with Crippen LogP contribution in [0, 0.1) is 11.8 Å². The van der Waals surface area contributed by atoms with Crippen LogP contribution in [0.5, 0.6) is 0 Å². The Hall–Kier alpha value is -4.71.